The van der Waals surface area contributed by atoms with Gasteiger partial charge >= 0.3 is 8.18 Å². The molecule has 0 aromatic heterocycles. The second-order valence-corrected chi connectivity index (χ2v) is 7.17. The quantitative estimate of drug-likeness (QED) is 0.706. The van der Waals surface area contributed by atoms with Crippen LogP contribution in [0.1, 0.15) is 47.7 Å². The zero-order valence-electron chi connectivity index (χ0n) is 14.4. The van der Waals surface area contributed by atoms with E-state index in [0.29, 0.717) is 23.8 Å². The molecule has 25 heavy (non-hydrogen) atoms. The van der Waals surface area contributed by atoms with E-state index in [1.165, 1.54) is 17.5 Å². The predicted octanol–water partition coefficient (Wildman–Crippen LogP) is 5.09. The highest BCUT2D eigenvalue weighted by atomic mass is 31.1. The number of carbonyl (C=O) groups excluding carboxylic acids is 1. The number of benzene rings is 2. The van der Waals surface area contributed by atoms with E-state index in [9.17, 15) is 9.36 Å². The van der Waals surface area contributed by atoms with E-state index in [1.54, 1.807) is 31.2 Å². The molecule has 1 amide bonds. The van der Waals surface area contributed by atoms with Gasteiger partial charge in [-0.05, 0) is 77.8 Å². The summed E-state index contributed by atoms with van der Waals surface area (Å²) in [4.78, 5) is 12.4. The van der Waals surface area contributed by atoms with Crippen molar-refractivity contribution in [1.82, 2.24) is 0 Å². The topological polar surface area (TPSA) is 67.4 Å². The summed E-state index contributed by atoms with van der Waals surface area (Å²) in [6.45, 7) is 4.39. The first-order valence-electron chi connectivity index (χ1n) is 8.48. The Labute approximate surface area is 148 Å². The van der Waals surface area contributed by atoms with Crippen LogP contribution in [-0.2, 0) is 15.5 Å². The molecule has 2 atom stereocenters. The van der Waals surface area contributed by atoms with E-state index in [0.717, 1.165) is 12.1 Å². The van der Waals surface area contributed by atoms with Crippen molar-refractivity contribution < 1.29 is 13.9 Å². The molecular weight excluding hydrogens is 335 g/mol. The van der Waals surface area contributed by atoms with E-state index < -0.39 is 8.18 Å². The molecule has 2 unspecified atom stereocenters. The van der Waals surface area contributed by atoms with Gasteiger partial charge in [-0.1, -0.05) is 13.0 Å². The number of aryl methyl sites for hydroxylation is 1. The van der Waals surface area contributed by atoms with Crippen molar-refractivity contribution in [2.75, 3.05) is 17.0 Å². The molecule has 1 aliphatic rings. The lowest BCUT2D eigenvalue weighted by Gasteiger charge is -2.09. The Morgan fingerprint density at radius 1 is 1.20 bits per heavy atom. The summed E-state index contributed by atoms with van der Waals surface area (Å²) in [7, 11) is -1.93. The standard InChI is InChI=1S/C19H21N2O3P/c1-3-24-25(23)21-16-8-6-14(7-9-16)19(22)20-17-10-11-18-13(2)4-5-15(18)12-17/h6-13H,3-5H2,1-2H3,(H-,20,21,22,23)/p+1. The molecule has 3 rings (SSSR count). The van der Waals surface area contributed by atoms with E-state index in [2.05, 4.69) is 29.5 Å². The summed E-state index contributed by atoms with van der Waals surface area (Å²) in [6, 6.07) is 13.0. The van der Waals surface area contributed by atoms with Gasteiger partial charge in [-0.15, -0.1) is 4.52 Å². The van der Waals surface area contributed by atoms with Crippen molar-refractivity contribution in [2.24, 2.45) is 0 Å². The molecule has 5 nitrogen and oxygen atoms in total. The number of hydrogen-bond acceptors (Lipinski definition) is 3. The van der Waals surface area contributed by atoms with Crippen LogP contribution in [-0.4, -0.2) is 12.5 Å². The molecule has 0 bridgehead atoms. The maximum absolute atomic E-state index is 12.4. The fraction of sp³-hybridized carbons (Fsp3) is 0.316. The maximum Gasteiger partial charge on any atom is 0.643 e. The lowest BCUT2D eigenvalue weighted by molar-refractivity contribution is 0.102. The van der Waals surface area contributed by atoms with Crippen LogP contribution in [0.3, 0.4) is 0 Å². The highest BCUT2D eigenvalue weighted by Gasteiger charge is 2.19. The summed E-state index contributed by atoms with van der Waals surface area (Å²) in [6.07, 6.45) is 2.24. The molecule has 0 saturated heterocycles. The third-order valence-electron chi connectivity index (χ3n) is 4.39. The molecule has 1 aliphatic carbocycles. The largest absolute Gasteiger partial charge is 0.643 e. The van der Waals surface area contributed by atoms with Crippen LogP contribution in [0.25, 0.3) is 0 Å². The number of anilines is 2. The number of rotatable bonds is 6. The number of hydrogen-bond donors (Lipinski definition) is 2. The lowest BCUT2D eigenvalue weighted by Crippen LogP contribution is -2.12. The minimum Gasteiger partial charge on any atom is -0.322 e. The molecule has 6 heteroatoms. The van der Waals surface area contributed by atoms with Gasteiger partial charge in [-0.3, -0.25) is 4.79 Å². The van der Waals surface area contributed by atoms with Crippen LogP contribution < -0.4 is 10.4 Å². The predicted molar refractivity (Wildman–Crippen MR) is 100 cm³/mol. The average Bonchev–Trinajstić information content (AvgIpc) is 2.96. The first-order valence-corrected chi connectivity index (χ1v) is 9.65. The van der Waals surface area contributed by atoms with Crippen molar-refractivity contribution in [3.8, 4) is 0 Å². The Morgan fingerprint density at radius 2 is 1.92 bits per heavy atom. The zero-order chi connectivity index (χ0) is 17.8. The van der Waals surface area contributed by atoms with Gasteiger partial charge in [0.2, 0.25) is 0 Å². The minimum atomic E-state index is -1.93. The maximum atomic E-state index is 12.4. The van der Waals surface area contributed by atoms with Crippen LogP contribution in [0.2, 0.25) is 0 Å². The van der Waals surface area contributed by atoms with Crippen molar-refractivity contribution in [3.63, 3.8) is 0 Å². The van der Waals surface area contributed by atoms with Crippen molar-refractivity contribution in [1.29, 1.82) is 0 Å². The number of nitrogens with one attached hydrogen (secondary N) is 2. The summed E-state index contributed by atoms with van der Waals surface area (Å²) in [5, 5.41) is 5.69. The van der Waals surface area contributed by atoms with E-state index in [4.69, 9.17) is 4.52 Å². The van der Waals surface area contributed by atoms with Crippen molar-refractivity contribution >= 4 is 25.5 Å². The van der Waals surface area contributed by atoms with Gasteiger partial charge in [-0.2, -0.15) is 5.09 Å². The van der Waals surface area contributed by atoms with Crippen LogP contribution in [0.5, 0.6) is 0 Å². The summed E-state index contributed by atoms with van der Waals surface area (Å²) in [5.74, 6) is 0.440. The van der Waals surface area contributed by atoms with Crippen molar-refractivity contribution in [3.05, 3.63) is 59.2 Å². The molecule has 2 aromatic carbocycles. The second-order valence-electron chi connectivity index (χ2n) is 6.17. The van der Waals surface area contributed by atoms with Crippen LogP contribution in [0.4, 0.5) is 11.4 Å². The summed E-state index contributed by atoms with van der Waals surface area (Å²) < 4.78 is 16.5. The Balaban J connectivity index is 1.64. The van der Waals surface area contributed by atoms with E-state index in [-0.39, 0.29) is 5.91 Å². The molecule has 0 spiro atoms. The van der Waals surface area contributed by atoms with Crippen molar-refractivity contribution in [2.45, 2.75) is 32.6 Å². The first-order chi connectivity index (χ1) is 12.1. The van der Waals surface area contributed by atoms with Crippen LogP contribution >= 0.6 is 8.18 Å². The fourth-order valence-corrected chi connectivity index (χ4v) is 3.72. The van der Waals surface area contributed by atoms with Gasteiger partial charge in [0.05, 0.1) is 5.69 Å². The highest BCUT2D eigenvalue weighted by Crippen LogP contribution is 2.34. The van der Waals surface area contributed by atoms with Gasteiger partial charge in [0.1, 0.15) is 6.61 Å². The molecule has 0 fully saturated rings. The Bertz CT molecular complexity index is 790. The van der Waals surface area contributed by atoms with Gasteiger partial charge < -0.3 is 5.32 Å². The van der Waals surface area contributed by atoms with Gasteiger partial charge in [-0.25, -0.2) is 0 Å². The highest BCUT2D eigenvalue weighted by molar-refractivity contribution is 7.40. The monoisotopic (exact) mass is 357 g/mol. The third kappa shape index (κ3) is 4.25. The van der Waals surface area contributed by atoms with E-state index in [1.807, 2.05) is 6.07 Å². The Morgan fingerprint density at radius 3 is 2.64 bits per heavy atom. The number of fused-ring (bicyclic) bond motifs is 1. The van der Waals surface area contributed by atoms with Crippen LogP contribution in [0.15, 0.2) is 42.5 Å². The van der Waals surface area contributed by atoms with Gasteiger partial charge in [0, 0.05) is 11.3 Å². The number of amides is 1. The second kappa shape index (κ2) is 7.77. The SMILES string of the molecule is CCO[P+](=O)Nc1ccc(C(=O)Nc2ccc3c(c2)CCC3C)cc1. The normalized spacial score (nSPS) is 16.2. The van der Waals surface area contributed by atoms with Gasteiger partial charge in [0.25, 0.3) is 5.91 Å². The molecular formula is C19H22N2O3P+. The smallest absolute Gasteiger partial charge is 0.322 e. The van der Waals surface area contributed by atoms with Crippen LogP contribution in [0, 0.1) is 0 Å². The minimum absolute atomic E-state index is 0.160. The lowest BCUT2D eigenvalue weighted by atomic mass is 10.0. The fourth-order valence-electron chi connectivity index (χ4n) is 3.06. The molecule has 0 heterocycles. The first kappa shape index (κ1) is 17.6. The molecule has 130 valence electrons. The third-order valence-corrected chi connectivity index (χ3v) is 5.33. The molecule has 2 aromatic rings. The Hall–Kier alpha value is -2.23. The zero-order valence-corrected chi connectivity index (χ0v) is 15.3. The summed E-state index contributed by atoms with van der Waals surface area (Å²) >= 11 is 0. The summed E-state index contributed by atoms with van der Waals surface area (Å²) in [5.41, 5.74) is 4.73. The number of carbonyl (C=O) groups is 1. The Kier molecular flexibility index (Phi) is 5.47. The van der Waals surface area contributed by atoms with E-state index >= 15 is 0 Å². The molecule has 2 N–H and O–H groups in total. The molecule has 0 saturated carbocycles. The molecule has 0 radical (unpaired) electrons. The van der Waals surface area contributed by atoms with Gasteiger partial charge in [0.15, 0.2) is 0 Å². The average molecular weight is 357 g/mol. The molecule has 0 aliphatic heterocycles.